The first-order valence-corrected chi connectivity index (χ1v) is 6.38. The quantitative estimate of drug-likeness (QED) is 0.819. The molecule has 2 nitrogen and oxygen atoms in total. The van der Waals surface area contributed by atoms with Gasteiger partial charge in [-0.25, -0.2) is 4.39 Å². The Labute approximate surface area is 106 Å². The first kappa shape index (κ1) is 11.3. The molecule has 0 spiro atoms. The first-order valence-electron chi connectivity index (χ1n) is 6.38. The van der Waals surface area contributed by atoms with Gasteiger partial charge in [0, 0.05) is 17.7 Å². The molecule has 1 heterocycles. The van der Waals surface area contributed by atoms with Gasteiger partial charge in [0.1, 0.15) is 5.82 Å². The fraction of sp³-hybridized carbons (Fsp3) is 0.333. The Morgan fingerprint density at radius 3 is 2.61 bits per heavy atom. The third-order valence-electron chi connectivity index (χ3n) is 3.33. The Balaban J connectivity index is 1.95. The summed E-state index contributed by atoms with van der Waals surface area (Å²) in [4.78, 5) is 8.81. The Hall–Kier alpha value is -1.77. The molecule has 18 heavy (non-hydrogen) atoms. The van der Waals surface area contributed by atoms with Crippen molar-refractivity contribution < 1.29 is 4.39 Å². The van der Waals surface area contributed by atoms with Crippen molar-refractivity contribution in [1.29, 1.82) is 0 Å². The maximum atomic E-state index is 13.5. The van der Waals surface area contributed by atoms with E-state index in [0.29, 0.717) is 5.92 Å². The number of aromatic nitrogens is 2. The molecule has 1 aromatic heterocycles. The Bertz CT molecular complexity index is 559. The van der Waals surface area contributed by atoms with Crippen LogP contribution in [0.25, 0.3) is 11.3 Å². The molecular weight excluding hydrogens is 227 g/mol. The smallest absolute Gasteiger partial charge is 0.124 e. The summed E-state index contributed by atoms with van der Waals surface area (Å²) in [7, 11) is 0. The topological polar surface area (TPSA) is 25.8 Å². The highest BCUT2D eigenvalue weighted by Crippen LogP contribution is 2.38. The second-order valence-corrected chi connectivity index (χ2v) is 4.80. The first-order chi connectivity index (χ1) is 8.76. The predicted molar refractivity (Wildman–Crippen MR) is 68.8 cm³/mol. The summed E-state index contributed by atoms with van der Waals surface area (Å²) >= 11 is 0. The van der Waals surface area contributed by atoms with Gasteiger partial charge in [-0.1, -0.05) is 6.92 Å². The number of hydrogen-bond acceptors (Lipinski definition) is 2. The fourth-order valence-corrected chi connectivity index (χ4v) is 2.08. The minimum Gasteiger partial charge on any atom is -0.257 e. The van der Waals surface area contributed by atoms with Crippen LogP contribution >= 0.6 is 0 Å². The number of halogens is 1. The van der Waals surface area contributed by atoms with Gasteiger partial charge >= 0.3 is 0 Å². The third-order valence-corrected chi connectivity index (χ3v) is 3.33. The van der Waals surface area contributed by atoms with Crippen molar-refractivity contribution >= 4 is 0 Å². The lowest BCUT2D eigenvalue weighted by Gasteiger charge is -2.05. The summed E-state index contributed by atoms with van der Waals surface area (Å²) in [6.45, 7) is 2.01. The summed E-state index contributed by atoms with van der Waals surface area (Å²) in [5.74, 6) is 0.391. The lowest BCUT2D eigenvalue weighted by atomic mass is 10.1. The maximum absolute atomic E-state index is 13.5. The Morgan fingerprint density at radius 1 is 1.17 bits per heavy atom. The molecule has 0 unspecified atom stereocenters. The van der Waals surface area contributed by atoms with Crippen molar-refractivity contribution in [2.45, 2.75) is 32.1 Å². The highest BCUT2D eigenvalue weighted by atomic mass is 19.1. The molecule has 92 valence electrons. The summed E-state index contributed by atoms with van der Waals surface area (Å²) < 4.78 is 13.5. The van der Waals surface area contributed by atoms with E-state index in [2.05, 4.69) is 9.97 Å². The van der Waals surface area contributed by atoms with E-state index >= 15 is 0 Å². The molecule has 3 rings (SSSR count). The molecule has 1 aromatic carbocycles. The molecule has 0 radical (unpaired) electrons. The van der Waals surface area contributed by atoms with Crippen LogP contribution in [0.3, 0.4) is 0 Å². The monoisotopic (exact) mass is 242 g/mol. The molecule has 0 bridgehead atoms. The summed E-state index contributed by atoms with van der Waals surface area (Å²) in [6, 6.07) is 5.05. The summed E-state index contributed by atoms with van der Waals surface area (Å²) in [5.41, 5.74) is 3.60. The van der Waals surface area contributed by atoms with Gasteiger partial charge in [-0.05, 0) is 43.0 Å². The number of hydrogen-bond donors (Lipinski definition) is 0. The minimum absolute atomic E-state index is 0.211. The molecule has 1 aliphatic rings. The van der Waals surface area contributed by atoms with E-state index in [1.165, 1.54) is 18.9 Å². The van der Waals surface area contributed by atoms with E-state index in [1.807, 2.05) is 19.2 Å². The molecule has 0 aliphatic heterocycles. The van der Waals surface area contributed by atoms with Crippen LogP contribution in [0.15, 0.2) is 30.6 Å². The SMILES string of the molecule is CCc1cc(F)cc(-c2cnc(C3CC3)cn2)c1. The van der Waals surface area contributed by atoms with Gasteiger partial charge in [-0.2, -0.15) is 0 Å². The van der Waals surface area contributed by atoms with Crippen LogP contribution < -0.4 is 0 Å². The van der Waals surface area contributed by atoms with Gasteiger partial charge in [0.25, 0.3) is 0 Å². The van der Waals surface area contributed by atoms with Gasteiger partial charge in [0.05, 0.1) is 17.6 Å². The van der Waals surface area contributed by atoms with Crippen LogP contribution in [0.1, 0.15) is 36.9 Å². The Kier molecular flexibility index (Phi) is 2.82. The molecule has 1 saturated carbocycles. The molecule has 0 saturated heterocycles. The second kappa shape index (κ2) is 4.48. The van der Waals surface area contributed by atoms with Crippen molar-refractivity contribution in [2.24, 2.45) is 0 Å². The zero-order valence-electron chi connectivity index (χ0n) is 10.4. The second-order valence-electron chi connectivity index (χ2n) is 4.80. The Morgan fingerprint density at radius 2 is 2.00 bits per heavy atom. The molecule has 0 amide bonds. The lowest BCUT2D eigenvalue weighted by molar-refractivity contribution is 0.626. The van der Waals surface area contributed by atoms with Crippen LogP contribution in [0.4, 0.5) is 4.39 Å². The van der Waals surface area contributed by atoms with E-state index < -0.39 is 0 Å². The number of nitrogens with zero attached hydrogens (tertiary/aromatic N) is 2. The number of rotatable bonds is 3. The van der Waals surface area contributed by atoms with E-state index in [0.717, 1.165) is 28.9 Å². The van der Waals surface area contributed by atoms with Crippen LogP contribution in [0, 0.1) is 5.82 Å². The average Bonchev–Trinajstić information content (AvgIpc) is 3.22. The van der Waals surface area contributed by atoms with Crippen LogP contribution in [-0.4, -0.2) is 9.97 Å². The highest BCUT2D eigenvalue weighted by molar-refractivity contribution is 5.59. The van der Waals surface area contributed by atoms with Crippen molar-refractivity contribution in [3.8, 4) is 11.3 Å². The van der Waals surface area contributed by atoms with Gasteiger partial charge < -0.3 is 0 Å². The lowest BCUT2D eigenvalue weighted by Crippen LogP contribution is -1.93. The molecular formula is C15H15FN2. The summed E-state index contributed by atoms with van der Waals surface area (Å²) in [6.07, 6.45) is 6.83. The predicted octanol–water partition coefficient (Wildman–Crippen LogP) is 3.72. The van der Waals surface area contributed by atoms with Crippen LogP contribution in [0.2, 0.25) is 0 Å². The third kappa shape index (κ3) is 2.26. The standard InChI is InChI=1S/C15H15FN2/c1-2-10-5-12(7-13(16)6-10)15-9-17-14(8-18-15)11-3-4-11/h5-9,11H,2-4H2,1H3. The molecule has 0 N–H and O–H groups in total. The van der Waals surface area contributed by atoms with Gasteiger partial charge in [0.15, 0.2) is 0 Å². The van der Waals surface area contributed by atoms with Gasteiger partial charge in [0.2, 0.25) is 0 Å². The average molecular weight is 242 g/mol. The highest BCUT2D eigenvalue weighted by Gasteiger charge is 2.25. The largest absolute Gasteiger partial charge is 0.257 e. The van der Waals surface area contributed by atoms with E-state index in [4.69, 9.17) is 0 Å². The number of benzene rings is 1. The fourth-order valence-electron chi connectivity index (χ4n) is 2.08. The molecule has 1 fully saturated rings. The van der Waals surface area contributed by atoms with E-state index in [-0.39, 0.29) is 5.82 Å². The van der Waals surface area contributed by atoms with Crippen LogP contribution in [-0.2, 0) is 6.42 Å². The molecule has 0 atom stereocenters. The van der Waals surface area contributed by atoms with Crippen molar-refractivity contribution in [3.63, 3.8) is 0 Å². The van der Waals surface area contributed by atoms with Crippen molar-refractivity contribution in [1.82, 2.24) is 9.97 Å². The van der Waals surface area contributed by atoms with Crippen molar-refractivity contribution in [2.75, 3.05) is 0 Å². The number of aryl methyl sites for hydroxylation is 1. The van der Waals surface area contributed by atoms with Crippen molar-refractivity contribution in [3.05, 3.63) is 47.7 Å². The zero-order valence-corrected chi connectivity index (χ0v) is 10.4. The maximum Gasteiger partial charge on any atom is 0.124 e. The van der Waals surface area contributed by atoms with Gasteiger partial charge in [-0.15, -0.1) is 0 Å². The molecule has 1 aliphatic carbocycles. The van der Waals surface area contributed by atoms with E-state index in [1.54, 1.807) is 12.3 Å². The molecule has 2 aromatic rings. The van der Waals surface area contributed by atoms with Gasteiger partial charge in [-0.3, -0.25) is 9.97 Å². The zero-order chi connectivity index (χ0) is 12.5. The normalized spacial score (nSPS) is 14.8. The minimum atomic E-state index is -0.211. The van der Waals surface area contributed by atoms with E-state index in [9.17, 15) is 4.39 Å². The van der Waals surface area contributed by atoms with Crippen LogP contribution in [0.5, 0.6) is 0 Å². The summed E-state index contributed by atoms with van der Waals surface area (Å²) in [5, 5.41) is 0. The molecule has 3 heteroatoms.